The molecule has 0 aliphatic heterocycles. The second-order valence-corrected chi connectivity index (χ2v) is 2.34. The molecule has 0 radical (unpaired) electrons. The van der Waals surface area contributed by atoms with E-state index in [0.717, 1.165) is 6.54 Å². The van der Waals surface area contributed by atoms with Crippen molar-refractivity contribution in [3.63, 3.8) is 0 Å². The predicted octanol–water partition coefficient (Wildman–Crippen LogP) is 1.05. The van der Waals surface area contributed by atoms with Gasteiger partial charge in [0.15, 0.2) is 0 Å². The van der Waals surface area contributed by atoms with Crippen LogP contribution in [0.3, 0.4) is 0 Å². The first kappa shape index (κ1) is 7.57. The standard InChI is InChI=1S/C6H9ClN2O/c1-2-9-3-5(7)6(4-10)8-9/h3,10H,2,4H2,1H3. The fourth-order valence-electron chi connectivity index (χ4n) is 0.706. The second-order valence-electron chi connectivity index (χ2n) is 1.94. The Balaban J connectivity index is 2.92. The Morgan fingerprint density at radius 3 is 2.80 bits per heavy atom. The molecule has 1 N–H and O–H groups in total. The van der Waals surface area contributed by atoms with E-state index in [2.05, 4.69) is 5.10 Å². The SMILES string of the molecule is CCn1cc(Cl)c(CO)n1. The van der Waals surface area contributed by atoms with Crippen LogP contribution < -0.4 is 0 Å². The summed E-state index contributed by atoms with van der Waals surface area (Å²) in [6.07, 6.45) is 1.70. The number of aromatic nitrogens is 2. The minimum Gasteiger partial charge on any atom is -0.390 e. The van der Waals surface area contributed by atoms with Crippen molar-refractivity contribution in [2.24, 2.45) is 0 Å². The predicted molar refractivity (Wildman–Crippen MR) is 38.8 cm³/mol. The molecule has 1 aromatic rings. The lowest BCUT2D eigenvalue weighted by molar-refractivity contribution is 0.275. The van der Waals surface area contributed by atoms with E-state index in [4.69, 9.17) is 16.7 Å². The molecular formula is C6H9ClN2O. The van der Waals surface area contributed by atoms with Crippen molar-refractivity contribution in [1.29, 1.82) is 0 Å². The zero-order chi connectivity index (χ0) is 7.56. The van der Waals surface area contributed by atoms with Gasteiger partial charge in [-0.15, -0.1) is 0 Å². The summed E-state index contributed by atoms with van der Waals surface area (Å²) >= 11 is 5.68. The van der Waals surface area contributed by atoms with E-state index in [1.54, 1.807) is 10.9 Å². The molecule has 4 heteroatoms. The van der Waals surface area contributed by atoms with Gasteiger partial charge >= 0.3 is 0 Å². The fraction of sp³-hybridized carbons (Fsp3) is 0.500. The summed E-state index contributed by atoms with van der Waals surface area (Å²) in [5.41, 5.74) is 0.545. The monoisotopic (exact) mass is 160 g/mol. The van der Waals surface area contributed by atoms with E-state index >= 15 is 0 Å². The minimum atomic E-state index is -0.0914. The number of aliphatic hydroxyl groups excluding tert-OH is 1. The molecular weight excluding hydrogens is 152 g/mol. The average Bonchev–Trinajstić information content (AvgIpc) is 2.30. The van der Waals surface area contributed by atoms with Crippen LogP contribution in [0.4, 0.5) is 0 Å². The molecule has 1 heterocycles. The molecule has 1 rings (SSSR count). The molecule has 0 bridgehead atoms. The van der Waals surface area contributed by atoms with Crippen LogP contribution in [0.1, 0.15) is 12.6 Å². The molecule has 0 atom stereocenters. The maximum absolute atomic E-state index is 8.67. The Labute approximate surface area is 64.2 Å². The van der Waals surface area contributed by atoms with E-state index in [-0.39, 0.29) is 6.61 Å². The Morgan fingerprint density at radius 1 is 1.80 bits per heavy atom. The highest BCUT2D eigenvalue weighted by molar-refractivity contribution is 6.31. The zero-order valence-electron chi connectivity index (χ0n) is 5.71. The summed E-state index contributed by atoms with van der Waals surface area (Å²) in [6.45, 7) is 2.65. The van der Waals surface area contributed by atoms with Crippen LogP contribution >= 0.6 is 11.6 Å². The molecule has 0 saturated carbocycles. The highest BCUT2D eigenvalue weighted by Gasteiger charge is 2.02. The lowest BCUT2D eigenvalue weighted by atomic mass is 10.5. The van der Waals surface area contributed by atoms with Crippen molar-refractivity contribution in [2.75, 3.05) is 0 Å². The van der Waals surface area contributed by atoms with Crippen LogP contribution in [0.15, 0.2) is 6.20 Å². The van der Waals surface area contributed by atoms with Crippen molar-refractivity contribution in [3.05, 3.63) is 16.9 Å². The maximum Gasteiger partial charge on any atom is 0.106 e. The van der Waals surface area contributed by atoms with Crippen molar-refractivity contribution in [1.82, 2.24) is 9.78 Å². The van der Waals surface area contributed by atoms with Gasteiger partial charge in [0.25, 0.3) is 0 Å². The Morgan fingerprint density at radius 2 is 2.50 bits per heavy atom. The summed E-state index contributed by atoms with van der Waals surface area (Å²) in [6, 6.07) is 0. The van der Waals surface area contributed by atoms with Crippen molar-refractivity contribution in [2.45, 2.75) is 20.1 Å². The zero-order valence-corrected chi connectivity index (χ0v) is 6.47. The first-order valence-electron chi connectivity index (χ1n) is 3.10. The average molecular weight is 161 g/mol. The topological polar surface area (TPSA) is 38.0 Å². The molecule has 0 unspecified atom stereocenters. The van der Waals surface area contributed by atoms with E-state index in [1.165, 1.54) is 0 Å². The summed E-state index contributed by atoms with van der Waals surface area (Å²) in [4.78, 5) is 0. The largest absolute Gasteiger partial charge is 0.390 e. The van der Waals surface area contributed by atoms with Gasteiger partial charge in [0, 0.05) is 12.7 Å². The van der Waals surface area contributed by atoms with E-state index in [1.807, 2.05) is 6.92 Å². The molecule has 56 valence electrons. The van der Waals surface area contributed by atoms with Crippen LogP contribution in [-0.2, 0) is 13.2 Å². The number of hydrogen-bond donors (Lipinski definition) is 1. The fourth-order valence-corrected chi connectivity index (χ4v) is 0.916. The van der Waals surface area contributed by atoms with Gasteiger partial charge in [-0.05, 0) is 6.92 Å². The first-order valence-corrected chi connectivity index (χ1v) is 3.48. The van der Waals surface area contributed by atoms with Crippen LogP contribution in [0.5, 0.6) is 0 Å². The number of aliphatic hydroxyl groups is 1. The molecule has 0 saturated heterocycles. The first-order chi connectivity index (χ1) is 4.77. The van der Waals surface area contributed by atoms with Crippen LogP contribution in [0.2, 0.25) is 5.02 Å². The molecule has 0 aliphatic rings. The van der Waals surface area contributed by atoms with Crippen molar-refractivity contribution < 1.29 is 5.11 Å². The molecule has 1 aromatic heterocycles. The van der Waals surface area contributed by atoms with Gasteiger partial charge in [-0.2, -0.15) is 5.10 Å². The van der Waals surface area contributed by atoms with Crippen LogP contribution in [0.25, 0.3) is 0 Å². The van der Waals surface area contributed by atoms with Gasteiger partial charge in [-0.25, -0.2) is 0 Å². The minimum absolute atomic E-state index is 0.0914. The molecule has 0 fully saturated rings. The Hall–Kier alpha value is -0.540. The summed E-state index contributed by atoms with van der Waals surface area (Å²) in [5, 5.41) is 13.2. The number of aryl methyl sites for hydroxylation is 1. The number of nitrogens with zero attached hydrogens (tertiary/aromatic N) is 2. The normalized spacial score (nSPS) is 10.3. The Kier molecular flexibility index (Phi) is 2.29. The van der Waals surface area contributed by atoms with Gasteiger partial charge < -0.3 is 5.11 Å². The van der Waals surface area contributed by atoms with Gasteiger partial charge in [-0.3, -0.25) is 4.68 Å². The van der Waals surface area contributed by atoms with Crippen molar-refractivity contribution >= 4 is 11.6 Å². The maximum atomic E-state index is 8.67. The third-order valence-corrected chi connectivity index (χ3v) is 1.58. The lowest BCUT2D eigenvalue weighted by Crippen LogP contribution is -1.95. The molecule has 0 aromatic carbocycles. The highest BCUT2D eigenvalue weighted by Crippen LogP contribution is 2.12. The van der Waals surface area contributed by atoms with E-state index in [9.17, 15) is 0 Å². The second kappa shape index (κ2) is 3.03. The quantitative estimate of drug-likeness (QED) is 0.703. The van der Waals surface area contributed by atoms with Gasteiger partial charge in [-0.1, -0.05) is 11.6 Å². The molecule has 0 amide bonds. The van der Waals surface area contributed by atoms with Crippen molar-refractivity contribution in [3.8, 4) is 0 Å². The third kappa shape index (κ3) is 1.30. The number of hydrogen-bond acceptors (Lipinski definition) is 2. The molecule has 0 aliphatic carbocycles. The lowest BCUT2D eigenvalue weighted by Gasteiger charge is -1.90. The third-order valence-electron chi connectivity index (χ3n) is 1.26. The van der Waals surface area contributed by atoms with Crippen LogP contribution in [0, 0.1) is 0 Å². The Bertz CT molecular complexity index is 222. The summed E-state index contributed by atoms with van der Waals surface area (Å²) < 4.78 is 1.69. The number of halogens is 1. The molecule has 10 heavy (non-hydrogen) atoms. The van der Waals surface area contributed by atoms with E-state index in [0.29, 0.717) is 10.7 Å². The molecule has 3 nitrogen and oxygen atoms in total. The van der Waals surface area contributed by atoms with Crippen LogP contribution in [-0.4, -0.2) is 14.9 Å². The van der Waals surface area contributed by atoms with Gasteiger partial charge in [0.05, 0.1) is 11.6 Å². The van der Waals surface area contributed by atoms with Gasteiger partial charge in [0.2, 0.25) is 0 Å². The highest BCUT2D eigenvalue weighted by atomic mass is 35.5. The summed E-state index contributed by atoms with van der Waals surface area (Å²) in [7, 11) is 0. The molecule has 0 spiro atoms. The number of rotatable bonds is 2. The van der Waals surface area contributed by atoms with E-state index < -0.39 is 0 Å². The smallest absolute Gasteiger partial charge is 0.106 e. The summed E-state index contributed by atoms with van der Waals surface area (Å²) in [5.74, 6) is 0. The van der Waals surface area contributed by atoms with Gasteiger partial charge in [0.1, 0.15) is 5.69 Å².